The molecule has 0 fully saturated rings. The third-order valence-corrected chi connectivity index (χ3v) is 0.770. The molecule has 0 radical (unpaired) electrons. The van der Waals surface area contributed by atoms with Crippen molar-refractivity contribution in [1.29, 1.82) is 0 Å². The zero-order valence-corrected chi connectivity index (χ0v) is 3.91. The minimum Gasteiger partial charge on any atom is -0.324 e. The first kappa shape index (κ1) is 4.33. The van der Waals surface area contributed by atoms with Gasteiger partial charge in [-0.15, -0.1) is 0 Å². The molecule has 0 atom stereocenters. The molecule has 0 spiro atoms. The van der Waals surface area contributed by atoms with Crippen molar-refractivity contribution in [2.24, 2.45) is 5.73 Å². The average Bonchev–Trinajstić information content (AvgIpc) is 2.14. The average molecular weight is 97.1 g/mol. The normalized spacial score (nSPS) is 9.29. The van der Waals surface area contributed by atoms with Crippen molar-refractivity contribution in [1.82, 2.24) is 9.55 Å². The molecular formula is C4H7N3. The zero-order valence-electron chi connectivity index (χ0n) is 3.91. The first-order valence-electron chi connectivity index (χ1n) is 2.09. The summed E-state index contributed by atoms with van der Waals surface area (Å²) in [6.45, 7) is 0.514. The smallest absolute Gasteiger partial charge is 0.0956 e. The Kier molecular flexibility index (Phi) is 1.08. The number of imidazole rings is 1. The van der Waals surface area contributed by atoms with Crippen LogP contribution < -0.4 is 5.73 Å². The largest absolute Gasteiger partial charge is 0.324 e. The van der Waals surface area contributed by atoms with Gasteiger partial charge in [-0.3, -0.25) is 0 Å². The molecule has 0 aliphatic heterocycles. The second kappa shape index (κ2) is 1.75. The van der Waals surface area contributed by atoms with Crippen LogP contribution in [0.2, 0.25) is 0 Å². The van der Waals surface area contributed by atoms with Crippen molar-refractivity contribution in [3.05, 3.63) is 18.7 Å². The van der Waals surface area contributed by atoms with Gasteiger partial charge in [-0.05, 0) is 0 Å². The van der Waals surface area contributed by atoms with E-state index in [4.69, 9.17) is 5.73 Å². The van der Waals surface area contributed by atoms with Gasteiger partial charge in [0.25, 0.3) is 0 Å². The van der Waals surface area contributed by atoms with Gasteiger partial charge < -0.3 is 10.3 Å². The number of aromatic nitrogens is 2. The van der Waals surface area contributed by atoms with Crippen LogP contribution in [0.3, 0.4) is 0 Å². The van der Waals surface area contributed by atoms with Crippen LogP contribution in [0.4, 0.5) is 0 Å². The molecule has 0 bridgehead atoms. The van der Waals surface area contributed by atoms with Crippen LogP contribution in [-0.4, -0.2) is 9.55 Å². The van der Waals surface area contributed by atoms with Crippen LogP contribution in [0.15, 0.2) is 18.7 Å². The fraction of sp³-hybridized carbons (Fsp3) is 0.250. The van der Waals surface area contributed by atoms with Gasteiger partial charge in [0.05, 0.1) is 13.0 Å². The molecule has 1 aromatic heterocycles. The van der Waals surface area contributed by atoms with Crippen LogP contribution in [0.1, 0.15) is 0 Å². The Bertz CT molecular complexity index is 121. The summed E-state index contributed by atoms with van der Waals surface area (Å²) in [6, 6.07) is 0. The van der Waals surface area contributed by atoms with E-state index in [2.05, 4.69) is 4.98 Å². The van der Waals surface area contributed by atoms with Crippen LogP contribution in [0.5, 0.6) is 0 Å². The molecule has 0 amide bonds. The molecule has 0 aliphatic rings. The number of hydrogen-bond donors (Lipinski definition) is 1. The molecule has 1 heterocycles. The molecule has 0 aromatic carbocycles. The summed E-state index contributed by atoms with van der Waals surface area (Å²) in [5.41, 5.74) is 5.22. The molecule has 3 nitrogen and oxygen atoms in total. The van der Waals surface area contributed by atoms with Crippen molar-refractivity contribution >= 4 is 0 Å². The number of nitrogens with two attached hydrogens (primary N) is 1. The highest BCUT2D eigenvalue weighted by atomic mass is 15.1. The highest BCUT2D eigenvalue weighted by Crippen LogP contribution is 1.77. The Morgan fingerprint density at radius 1 is 1.71 bits per heavy atom. The van der Waals surface area contributed by atoms with Gasteiger partial charge in [0, 0.05) is 12.4 Å². The summed E-state index contributed by atoms with van der Waals surface area (Å²) in [5, 5.41) is 0. The Morgan fingerprint density at radius 3 is 2.86 bits per heavy atom. The van der Waals surface area contributed by atoms with Crippen LogP contribution in [0, 0.1) is 0 Å². The van der Waals surface area contributed by atoms with Gasteiger partial charge in [0.2, 0.25) is 0 Å². The fourth-order valence-corrected chi connectivity index (χ4v) is 0.395. The second-order valence-electron chi connectivity index (χ2n) is 1.26. The van der Waals surface area contributed by atoms with E-state index in [9.17, 15) is 0 Å². The summed E-state index contributed by atoms with van der Waals surface area (Å²) < 4.78 is 1.79. The predicted octanol–water partition coefficient (Wildman–Crippen LogP) is -0.201. The van der Waals surface area contributed by atoms with Crippen LogP contribution >= 0.6 is 0 Å². The van der Waals surface area contributed by atoms with E-state index in [-0.39, 0.29) is 0 Å². The van der Waals surface area contributed by atoms with E-state index in [0.717, 1.165) is 0 Å². The molecule has 38 valence electrons. The van der Waals surface area contributed by atoms with E-state index < -0.39 is 0 Å². The lowest BCUT2D eigenvalue weighted by Crippen LogP contribution is -2.03. The van der Waals surface area contributed by atoms with Crippen molar-refractivity contribution < 1.29 is 0 Å². The minimum atomic E-state index is 0.514. The summed E-state index contributed by atoms with van der Waals surface area (Å²) in [5.74, 6) is 0. The molecule has 0 unspecified atom stereocenters. The molecule has 1 rings (SSSR count). The first-order valence-corrected chi connectivity index (χ1v) is 2.09. The number of nitrogens with zero attached hydrogens (tertiary/aromatic N) is 2. The lowest BCUT2D eigenvalue weighted by atomic mass is 10.9. The molecule has 1 aromatic rings. The Labute approximate surface area is 41.8 Å². The van der Waals surface area contributed by atoms with E-state index in [0.29, 0.717) is 6.67 Å². The summed E-state index contributed by atoms with van der Waals surface area (Å²) in [7, 11) is 0. The first-order chi connectivity index (χ1) is 3.43. The fourth-order valence-electron chi connectivity index (χ4n) is 0.395. The third-order valence-electron chi connectivity index (χ3n) is 0.770. The highest BCUT2D eigenvalue weighted by Gasteiger charge is 1.77. The van der Waals surface area contributed by atoms with Crippen molar-refractivity contribution in [2.75, 3.05) is 0 Å². The van der Waals surface area contributed by atoms with E-state index in [1.807, 2.05) is 6.20 Å². The Morgan fingerprint density at radius 2 is 2.57 bits per heavy atom. The lowest BCUT2D eigenvalue weighted by molar-refractivity contribution is 0.731. The molecule has 2 N–H and O–H groups in total. The van der Waals surface area contributed by atoms with E-state index in [1.54, 1.807) is 17.1 Å². The molecule has 3 heteroatoms. The molecule has 0 saturated heterocycles. The molecule has 0 aliphatic carbocycles. The lowest BCUT2D eigenvalue weighted by Gasteiger charge is -1.88. The van der Waals surface area contributed by atoms with Crippen molar-refractivity contribution in [3.8, 4) is 0 Å². The quantitative estimate of drug-likeness (QED) is 0.527. The summed E-state index contributed by atoms with van der Waals surface area (Å²) >= 11 is 0. The van der Waals surface area contributed by atoms with E-state index in [1.165, 1.54) is 0 Å². The third kappa shape index (κ3) is 0.778. The van der Waals surface area contributed by atoms with E-state index >= 15 is 0 Å². The van der Waals surface area contributed by atoms with Gasteiger partial charge >= 0.3 is 0 Å². The number of rotatable bonds is 1. The van der Waals surface area contributed by atoms with Gasteiger partial charge in [0.1, 0.15) is 0 Å². The van der Waals surface area contributed by atoms with Gasteiger partial charge in [-0.1, -0.05) is 0 Å². The summed E-state index contributed by atoms with van der Waals surface area (Å²) in [6.07, 6.45) is 5.20. The number of hydrogen-bond acceptors (Lipinski definition) is 2. The second-order valence-corrected chi connectivity index (χ2v) is 1.26. The van der Waals surface area contributed by atoms with Crippen LogP contribution in [-0.2, 0) is 6.67 Å². The minimum absolute atomic E-state index is 0.514. The standard InChI is InChI=1S/C4H7N3/c5-3-7-2-1-6-4-7/h1-2,4H,3,5H2. The SMILES string of the molecule is NCn1ccnc1. The topological polar surface area (TPSA) is 43.8 Å². The highest BCUT2D eigenvalue weighted by molar-refractivity contribution is 4.72. The molecule has 0 saturated carbocycles. The molecule has 7 heavy (non-hydrogen) atoms. The van der Waals surface area contributed by atoms with Gasteiger partial charge in [-0.25, -0.2) is 4.98 Å². The van der Waals surface area contributed by atoms with Crippen molar-refractivity contribution in [3.63, 3.8) is 0 Å². The van der Waals surface area contributed by atoms with Crippen LogP contribution in [0.25, 0.3) is 0 Å². The predicted molar refractivity (Wildman–Crippen MR) is 26.4 cm³/mol. The Balaban J connectivity index is 2.76. The van der Waals surface area contributed by atoms with Gasteiger partial charge in [-0.2, -0.15) is 0 Å². The maximum atomic E-state index is 5.22. The van der Waals surface area contributed by atoms with Crippen molar-refractivity contribution in [2.45, 2.75) is 6.67 Å². The monoisotopic (exact) mass is 97.1 g/mol. The maximum absolute atomic E-state index is 5.22. The van der Waals surface area contributed by atoms with Gasteiger partial charge in [0.15, 0.2) is 0 Å². The Hall–Kier alpha value is -0.830. The maximum Gasteiger partial charge on any atom is 0.0956 e. The summed E-state index contributed by atoms with van der Waals surface area (Å²) in [4.78, 5) is 3.78. The zero-order chi connectivity index (χ0) is 5.11. The molecular weight excluding hydrogens is 90.1 g/mol.